The molecule has 0 fully saturated rings. The number of rotatable bonds is 4. The average Bonchev–Trinajstić information content (AvgIpc) is 2.61. The van der Waals surface area contributed by atoms with Crippen molar-refractivity contribution in [2.45, 2.75) is 13.8 Å². The first-order valence-electron chi connectivity index (χ1n) is 8.17. The fourth-order valence-electron chi connectivity index (χ4n) is 2.44. The van der Waals surface area contributed by atoms with E-state index in [4.69, 9.17) is 0 Å². The van der Waals surface area contributed by atoms with Crippen LogP contribution >= 0.6 is 0 Å². The molecule has 4 nitrogen and oxygen atoms in total. The van der Waals surface area contributed by atoms with E-state index in [1.54, 1.807) is 0 Å². The van der Waals surface area contributed by atoms with Gasteiger partial charge in [0.15, 0.2) is 0 Å². The summed E-state index contributed by atoms with van der Waals surface area (Å²) in [4.78, 5) is 12.1. The molecule has 4 heteroatoms. The van der Waals surface area contributed by atoms with Crippen LogP contribution in [0.4, 0.5) is 27.5 Å². The second-order valence-corrected chi connectivity index (χ2v) is 5.95. The molecule has 0 aromatic heterocycles. The van der Waals surface area contributed by atoms with Crippen LogP contribution < -0.4 is 16.0 Å². The molecule has 0 spiro atoms. The van der Waals surface area contributed by atoms with Crippen LogP contribution in [0.25, 0.3) is 0 Å². The predicted octanol–water partition coefficient (Wildman–Crippen LogP) is 5.69. The van der Waals surface area contributed by atoms with Gasteiger partial charge in [-0.15, -0.1) is 0 Å². The van der Waals surface area contributed by atoms with E-state index in [9.17, 15) is 4.79 Å². The zero-order valence-electron chi connectivity index (χ0n) is 14.3. The van der Waals surface area contributed by atoms with Crippen LogP contribution in [0.15, 0.2) is 72.8 Å². The van der Waals surface area contributed by atoms with Crippen LogP contribution in [0.3, 0.4) is 0 Å². The summed E-state index contributed by atoms with van der Waals surface area (Å²) in [5.41, 5.74) is 5.85. The molecule has 0 saturated heterocycles. The summed E-state index contributed by atoms with van der Waals surface area (Å²) in [5, 5.41) is 8.99. The number of benzene rings is 3. The molecule has 0 saturated carbocycles. The highest BCUT2D eigenvalue weighted by Gasteiger charge is 2.04. The summed E-state index contributed by atoms with van der Waals surface area (Å²) in [6, 6.07) is 23.1. The molecular weight excluding hydrogens is 310 g/mol. The topological polar surface area (TPSA) is 53.2 Å². The molecule has 3 aromatic rings. The lowest BCUT2D eigenvalue weighted by Crippen LogP contribution is -2.19. The highest BCUT2D eigenvalue weighted by molar-refractivity contribution is 5.99. The summed E-state index contributed by atoms with van der Waals surface area (Å²) in [7, 11) is 0. The minimum atomic E-state index is -0.257. The predicted molar refractivity (Wildman–Crippen MR) is 105 cm³/mol. The van der Waals surface area contributed by atoms with Crippen LogP contribution in [-0.4, -0.2) is 6.03 Å². The Morgan fingerprint density at radius 3 is 1.88 bits per heavy atom. The molecule has 2 amide bonds. The Hall–Kier alpha value is -3.27. The van der Waals surface area contributed by atoms with E-state index >= 15 is 0 Å². The van der Waals surface area contributed by atoms with Gasteiger partial charge in [0.25, 0.3) is 0 Å². The van der Waals surface area contributed by atoms with Crippen LogP contribution in [0.5, 0.6) is 0 Å². The third-order valence-electron chi connectivity index (χ3n) is 3.97. The second kappa shape index (κ2) is 7.53. The minimum absolute atomic E-state index is 0.257. The Kier molecular flexibility index (Phi) is 5.00. The van der Waals surface area contributed by atoms with E-state index in [1.165, 1.54) is 5.56 Å². The van der Waals surface area contributed by atoms with Gasteiger partial charge in [-0.25, -0.2) is 4.79 Å². The molecule has 0 aliphatic heterocycles. The Balaban J connectivity index is 1.59. The molecule has 0 atom stereocenters. The van der Waals surface area contributed by atoms with Crippen molar-refractivity contribution in [2.75, 3.05) is 16.0 Å². The van der Waals surface area contributed by atoms with E-state index in [1.807, 2.05) is 86.6 Å². The number of hydrogen-bond acceptors (Lipinski definition) is 2. The number of amides is 2. The van der Waals surface area contributed by atoms with Gasteiger partial charge in [-0.1, -0.05) is 24.3 Å². The van der Waals surface area contributed by atoms with Gasteiger partial charge in [-0.2, -0.15) is 0 Å². The SMILES string of the molecule is Cc1ccc(NC(=O)Nc2ccc(Nc3ccccc3)cc2)cc1C. The lowest BCUT2D eigenvalue weighted by Gasteiger charge is -2.10. The van der Waals surface area contributed by atoms with Gasteiger partial charge in [0, 0.05) is 22.7 Å². The molecule has 0 bridgehead atoms. The highest BCUT2D eigenvalue weighted by atomic mass is 16.2. The first kappa shape index (κ1) is 16.6. The van der Waals surface area contributed by atoms with E-state index in [2.05, 4.69) is 16.0 Å². The van der Waals surface area contributed by atoms with E-state index in [-0.39, 0.29) is 6.03 Å². The van der Waals surface area contributed by atoms with E-state index in [0.717, 1.165) is 28.3 Å². The third kappa shape index (κ3) is 4.61. The first-order chi connectivity index (χ1) is 12.1. The van der Waals surface area contributed by atoms with Gasteiger partial charge in [0.1, 0.15) is 0 Å². The van der Waals surface area contributed by atoms with Gasteiger partial charge in [-0.05, 0) is 73.5 Å². The number of para-hydroxylation sites is 1. The summed E-state index contributed by atoms with van der Waals surface area (Å²) in [5.74, 6) is 0. The molecule has 126 valence electrons. The maximum absolute atomic E-state index is 12.1. The van der Waals surface area contributed by atoms with Crippen molar-refractivity contribution < 1.29 is 4.79 Å². The lowest BCUT2D eigenvalue weighted by atomic mass is 10.1. The van der Waals surface area contributed by atoms with Crippen molar-refractivity contribution in [3.63, 3.8) is 0 Å². The Morgan fingerprint density at radius 2 is 1.20 bits per heavy atom. The normalized spacial score (nSPS) is 10.2. The monoisotopic (exact) mass is 331 g/mol. The molecule has 0 aliphatic rings. The lowest BCUT2D eigenvalue weighted by molar-refractivity contribution is 0.262. The zero-order valence-corrected chi connectivity index (χ0v) is 14.3. The van der Waals surface area contributed by atoms with Gasteiger partial charge >= 0.3 is 6.03 Å². The average molecular weight is 331 g/mol. The summed E-state index contributed by atoms with van der Waals surface area (Å²) in [6.45, 7) is 4.07. The van der Waals surface area contributed by atoms with Crippen LogP contribution in [0.1, 0.15) is 11.1 Å². The number of carbonyl (C=O) groups excluding carboxylic acids is 1. The number of nitrogens with one attached hydrogen (secondary N) is 3. The standard InChI is InChI=1S/C21H21N3O/c1-15-8-9-20(14-16(15)2)24-21(25)23-19-12-10-18(11-13-19)22-17-6-4-3-5-7-17/h3-14,22H,1-2H3,(H2,23,24,25). The molecule has 3 N–H and O–H groups in total. The molecule has 3 aromatic carbocycles. The van der Waals surface area contributed by atoms with Crippen molar-refractivity contribution in [1.29, 1.82) is 0 Å². The number of carbonyl (C=O) groups is 1. The maximum Gasteiger partial charge on any atom is 0.323 e. The molecule has 0 unspecified atom stereocenters. The van der Waals surface area contributed by atoms with Crippen LogP contribution in [0.2, 0.25) is 0 Å². The van der Waals surface area contributed by atoms with E-state index < -0.39 is 0 Å². The highest BCUT2D eigenvalue weighted by Crippen LogP contribution is 2.19. The zero-order chi connectivity index (χ0) is 17.6. The molecule has 0 aliphatic carbocycles. The van der Waals surface area contributed by atoms with Gasteiger partial charge in [-0.3, -0.25) is 0 Å². The minimum Gasteiger partial charge on any atom is -0.356 e. The smallest absolute Gasteiger partial charge is 0.323 e. The Bertz CT molecular complexity index is 858. The number of anilines is 4. The largest absolute Gasteiger partial charge is 0.356 e. The summed E-state index contributed by atoms with van der Waals surface area (Å²) >= 11 is 0. The molecular formula is C21H21N3O. The first-order valence-corrected chi connectivity index (χ1v) is 8.17. The van der Waals surface area contributed by atoms with Gasteiger partial charge < -0.3 is 16.0 Å². The second-order valence-electron chi connectivity index (χ2n) is 5.95. The number of urea groups is 1. The summed E-state index contributed by atoms with van der Waals surface area (Å²) < 4.78 is 0. The van der Waals surface area contributed by atoms with Crippen LogP contribution in [-0.2, 0) is 0 Å². The van der Waals surface area contributed by atoms with Crippen molar-refractivity contribution in [2.24, 2.45) is 0 Å². The number of hydrogen-bond donors (Lipinski definition) is 3. The van der Waals surface area contributed by atoms with Crippen molar-refractivity contribution in [3.05, 3.63) is 83.9 Å². The molecule has 3 rings (SSSR count). The number of aryl methyl sites for hydroxylation is 2. The van der Waals surface area contributed by atoms with Crippen molar-refractivity contribution in [1.82, 2.24) is 0 Å². The summed E-state index contributed by atoms with van der Waals surface area (Å²) in [6.07, 6.45) is 0. The van der Waals surface area contributed by atoms with Crippen LogP contribution in [0, 0.1) is 13.8 Å². The fraction of sp³-hybridized carbons (Fsp3) is 0.0952. The van der Waals surface area contributed by atoms with Crippen molar-refractivity contribution in [3.8, 4) is 0 Å². The maximum atomic E-state index is 12.1. The Morgan fingerprint density at radius 1 is 0.640 bits per heavy atom. The van der Waals surface area contributed by atoms with Gasteiger partial charge in [0.05, 0.1) is 0 Å². The third-order valence-corrected chi connectivity index (χ3v) is 3.97. The van der Waals surface area contributed by atoms with E-state index in [0.29, 0.717) is 0 Å². The van der Waals surface area contributed by atoms with Crippen molar-refractivity contribution >= 4 is 28.8 Å². The molecule has 0 radical (unpaired) electrons. The quantitative estimate of drug-likeness (QED) is 0.575. The van der Waals surface area contributed by atoms with Gasteiger partial charge in [0.2, 0.25) is 0 Å². The molecule has 0 heterocycles. The molecule has 25 heavy (non-hydrogen) atoms. The Labute approximate surface area is 147 Å². The fourth-order valence-corrected chi connectivity index (χ4v) is 2.44.